The number of hydrogen-bond donors (Lipinski definition) is 1. The summed E-state index contributed by atoms with van der Waals surface area (Å²) in [6.07, 6.45) is -2.67. The van der Waals surface area contributed by atoms with E-state index in [-0.39, 0.29) is 17.5 Å². The molecule has 136 valence electrons. The highest BCUT2D eigenvalue weighted by molar-refractivity contribution is 5.76. The van der Waals surface area contributed by atoms with Crippen molar-refractivity contribution in [3.8, 4) is 6.07 Å². The summed E-state index contributed by atoms with van der Waals surface area (Å²) in [5, 5.41) is 11.9. The summed E-state index contributed by atoms with van der Waals surface area (Å²) in [6, 6.07) is 5.24. The zero-order chi connectivity index (χ0) is 18.6. The molecule has 0 saturated carbocycles. The molecule has 2 rings (SSSR count). The Balaban J connectivity index is 1.98. The first-order chi connectivity index (χ1) is 11.7. The molecule has 25 heavy (non-hydrogen) atoms. The zero-order valence-corrected chi connectivity index (χ0v) is 14.4. The van der Waals surface area contributed by atoms with E-state index < -0.39 is 11.7 Å². The number of benzene rings is 1. The molecule has 1 aliphatic rings. The van der Waals surface area contributed by atoms with E-state index in [9.17, 15) is 18.0 Å². The van der Waals surface area contributed by atoms with Gasteiger partial charge in [-0.15, -0.1) is 0 Å². The minimum atomic E-state index is -4.56. The molecule has 0 spiro atoms. The maximum absolute atomic E-state index is 13.0. The highest BCUT2D eigenvalue weighted by atomic mass is 19.4. The van der Waals surface area contributed by atoms with Gasteiger partial charge in [-0.2, -0.15) is 18.4 Å². The number of nitrogens with zero attached hydrogens (tertiary/aromatic N) is 2. The number of alkyl halides is 3. The molecular weight excluding hydrogens is 331 g/mol. The Hall–Kier alpha value is -2.23. The van der Waals surface area contributed by atoms with Gasteiger partial charge in [0, 0.05) is 31.2 Å². The SMILES string of the molecule is CC(C)CC(=O)N1CCC(Nc2ccc(C#N)c(C(F)(F)F)c2)CC1. The van der Waals surface area contributed by atoms with Gasteiger partial charge >= 0.3 is 6.18 Å². The maximum Gasteiger partial charge on any atom is 0.417 e. The van der Waals surface area contributed by atoms with Crippen LogP contribution in [-0.2, 0) is 11.0 Å². The van der Waals surface area contributed by atoms with E-state index >= 15 is 0 Å². The number of rotatable bonds is 4. The van der Waals surface area contributed by atoms with Gasteiger partial charge < -0.3 is 10.2 Å². The fraction of sp³-hybridized carbons (Fsp3) is 0.556. The average Bonchev–Trinajstić information content (AvgIpc) is 2.54. The number of carbonyl (C=O) groups is 1. The lowest BCUT2D eigenvalue weighted by Crippen LogP contribution is -2.42. The normalized spacial score (nSPS) is 16.0. The predicted octanol–water partition coefficient (Wildman–Crippen LogP) is 4.03. The standard InChI is InChI=1S/C18H22F3N3O/c1-12(2)9-17(25)24-7-5-14(6-8-24)23-15-4-3-13(11-22)16(10-15)18(19,20)21/h3-4,10,12,14,23H,5-9H2,1-2H3. The lowest BCUT2D eigenvalue weighted by atomic mass is 10.0. The molecule has 1 fully saturated rings. The molecule has 4 nitrogen and oxygen atoms in total. The first-order valence-corrected chi connectivity index (χ1v) is 8.36. The summed E-state index contributed by atoms with van der Waals surface area (Å²) >= 11 is 0. The molecule has 1 aliphatic heterocycles. The first-order valence-electron chi connectivity index (χ1n) is 8.36. The minimum Gasteiger partial charge on any atom is -0.382 e. The highest BCUT2D eigenvalue weighted by Gasteiger charge is 2.34. The molecule has 1 aromatic rings. The van der Waals surface area contributed by atoms with Crippen molar-refractivity contribution >= 4 is 11.6 Å². The van der Waals surface area contributed by atoms with E-state index in [0.717, 1.165) is 6.07 Å². The van der Waals surface area contributed by atoms with Crippen LogP contribution in [0.5, 0.6) is 0 Å². The summed E-state index contributed by atoms with van der Waals surface area (Å²) in [5.74, 6) is 0.439. The molecule has 1 heterocycles. The van der Waals surface area contributed by atoms with Crippen molar-refractivity contribution in [2.45, 2.75) is 45.3 Å². The van der Waals surface area contributed by atoms with Gasteiger partial charge in [0.25, 0.3) is 0 Å². The van der Waals surface area contributed by atoms with Crippen molar-refractivity contribution in [1.82, 2.24) is 4.90 Å². The number of nitrogens with one attached hydrogen (secondary N) is 1. The summed E-state index contributed by atoms with van der Waals surface area (Å²) in [6.45, 7) is 5.20. The molecule has 1 aromatic carbocycles. The van der Waals surface area contributed by atoms with Crippen molar-refractivity contribution in [3.63, 3.8) is 0 Å². The predicted molar refractivity (Wildman–Crippen MR) is 88.8 cm³/mol. The number of likely N-dealkylation sites (tertiary alicyclic amines) is 1. The molecule has 0 aromatic heterocycles. The monoisotopic (exact) mass is 353 g/mol. The topological polar surface area (TPSA) is 56.1 Å². The number of amides is 1. The quantitative estimate of drug-likeness (QED) is 0.889. The number of piperidine rings is 1. The molecule has 0 unspecified atom stereocenters. The van der Waals surface area contributed by atoms with Crippen molar-refractivity contribution in [2.75, 3.05) is 18.4 Å². The smallest absolute Gasteiger partial charge is 0.382 e. The third-order valence-electron chi connectivity index (χ3n) is 4.25. The van der Waals surface area contributed by atoms with E-state index in [1.807, 2.05) is 18.7 Å². The molecule has 1 N–H and O–H groups in total. The van der Waals surface area contributed by atoms with Crippen molar-refractivity contribution < 1.29 is 18.0 Å². The largest absolute Gasteiger partial charge is 0.417 e. The van der Waals surface area contributed by atoms with Crippen LogP contribution in [0.1, 0.15) is 44.2 Å². The van der Waals surface area contributed by atoms with Crippen LogP contribution < -0.4 is 5.32 Å². The van der Waals surface area contributed by atoms with Gasteiger partial charge in [0.2, 0.25) is 5.91 Å². The van der Waals surface area contributed by atoms with Crippen LogP contribution in [0, 0.1) is 17.2 Å². The van der Waals surface area contributed by atoms with E-state index in [1.54, 1.807) is 6.07 Å². The Kier molecular flexibility index (Phi) is 5.93. The lowest BCUT2D eigenvalue weighted by Gasteiger charge is -2.33. The zero-order valence-electron chi connectivity index (χ0n) is 14.4. The number of carbonyl (C=O) groups excluding carboxylic acids is 1. The first kappa shape index (κ1) is 19.1. The van der Waals surface area contributed by atoms with Gasteiger partial charge in [-0.25, -0.2) is 0 Å². The van der Waals surface area contributed by atoms with E-state index in [0.29, 0.717) is 44.0 Å². The van der Waals surface area contributed by atoms with Crippen LogP contribution in [0.3, 0.4) is 0 Å². The van der Waals surface area contributed by atoms with E-state index in [4.69, 9.17) is 5.26 Å². The summed E-state index contributed by atoms with van der Waals surface area (Å²) < 4.78 is 39.0. The Labute approximate surface area is 145 Å². The summed E-state index contributed by atoms with van der Waals surface area (Å²) in [4.78, 5) is 13.9. The van der Waals surface area contributed by atoms with Crippen LogP contribution in [0.4, 0.5) is 18.9 Å². The van der Waals surface area contributed by atoms with Gasteiger partial charge in [0.15, 0.2) is 0 Å². The van der Waals surface area contributed by atoms with E-state index in [1.165, 1.54) is 12.1 Å². The maximum atomic E-state index is 13.0. The molecule has 1 amide bonds. The molecule has 1 saturated heterocycles. The van der Waals surface area contributed by atoms with Crippen LogP contribution in [0.15, 0.2) is 18.2 Å². The summed E-state index contributed by atoms with van der Waals surface area (Å²) in [7, 11) is 0. The highest BCUT2D eigenvalue weighted by Crippen LogP contribution is 2.34. The van der Waals surface area contributed by atoms with Crippen molar-refractivity contribution in [1.29, 1.82) is 5.26 Å². The average molecular weight is 353 g/mol. The second-order valence-electron chi connectivity index (χ2n) is 6.77. The van der Waals surface area contributed by atoms with Crippen molar-refractivity contribution in [2.24, 2.45) is 5.92 Å². The summed E-state index contributed by atoms with van der Waals surface area (Å²) in [5.41, 5.74) is -0.963. The number of nitriles is 1. The third kappa shape index (κ3) is 5.12. The number of anilines is 1. The fourth-order valence-electron chi connectivity index (χ4n) is 2.95. The second-order valence-corrected chi connectivity index (χ2v) is 6.77. The Morgan fingerprint density at radius 3 is 2.52 bits per heavy atom. The molecule has 7 heteroatoms. The molecule has 0 bridgehead atoms. The van der Waals surface area contributed by atoms with Crippen LogP contribution >= 0.6 is 0 Å². The third-order valence-corrected chi connectivity index (χ3v) is 4.25. The molecule has 0 atom stereocenters. The molecule has 0 aliphatic carbocycles. The van der Waals surface area contributed by atoms with Gasteiger partial charge in [-0.3, -0.25) is 4.79 Å². The van der Waals surface area contributed by atoms with Crippen molar-refractivity contribution in [3.05, 3.63) is 29.3 Å². The fourth-order valence-corrected chi connectivity index (χ4v) is 2.95. The molecular formula is C18H22F3N3O. The Morgan fingerprint density at radius 1 is 1.36 bits per heavy atom. The van der Waals surface area contributed by atoms with E-state index in [2.05, 4.69) is 5.32 Å². The van der Waals surface area contributed by atoms with Gasteiger partial charge in [0.1, 0.15) is 0 Å². The van der Waals surface area contributed by atoms with Crippen LogP contribution in [-0.4, -0.2) is 29.9 Å². The number of hydrogen-bond acceptors (Lipinski definition) is 3. The molecule has 0 radical (unpaired) electrons. The van der Waals surface area contributed by atoms with Gasteiger partial charge in [0.05, 0.1) is 17.2 Å². The van der Waals surface area contributed by atoms with Gasteiger partial charge in [-0.1, -0.05) is 13.8 Å². The van der Waals surface area contributed by atoms with Gasteiger partial charge in [-0.05, 0) is 37.0 Å². The number of halogens is 3. The minimum absolute atomic E-state index is 0.0112. The Bertz CT molecular complexity index is 657. The van der Waals surface area contributed by atoms with Crippen LogP contribution in [0.2, 0.25) is 0 Å². The Morgan fingerprint density at radius 2 is 2.00 bits per heavy atom. The van der Waals surface area contributed by atoms with Crippen LogP contribution in [0.25, 0.3) is 0 Å². The second kappa shape index (κ2) is 7.77. The lowest BCUT2D eigenvalue weighted by molar-refractivity contribution is -0.137.